The van der Waals surface area contributed by atoms with E-state index in [4.69, 9.17) is 16.9 Å². The van der Waals surface area contributed by atoms with Crippen LogP contribution in [0.1, 0.15) is 5.56 Å². The third kappa shape index (κ3) is 2.51. The smallest absolute Gasteiger partial charge is 0.244 e. The maximum atomic E-state index is 12.4. The van der Waals surface area contributed by atoms with Gasteiger partial charge in [0, 0.05) is 13.1 Å². The number of nitriles is 1. The van der Waals surface area contributed by atoms with E-state index in [-0.39, 0.29) is 28.6 Å². The van der Waals surface area contributed by atoms with Crippen molar-refractivity contribution in [2.24, 2.45) is 0 Å². The average Bonchev–Trinajstić information content (AvgIpc) is 2.70. The summed E-state index contributed by atoms with van der Waals surface area (Å²) in [5, 5.41) is 18.3. The highest BCUT2D eigenvalue weighted by Gasteiger charge is 2.34. The van der Waals surface area contributed by atoms with Gasteiger partial charge in [-0.05, 0) is 23.8 Å². The van der Waals surface area contributed by atoms with E-state index >= 15 is 0 Å². The molecule has 5 nitrogen and oxygen atoms in total. The van der Waals surface area contributed by atoms with Gasteiger partial charge in [-0.3, -0.25) is 0 Å². The van der Waals surface area contributed by atoms with E-state index < -0.39 is 16.1 Å². The number of hydrogen-bond acceptors (Lipinski definition) is 4. The van der Waals surface area contributed by atoms with Crippen LogP contribution < -0.4 is 0 Å². The Labute approximate surface area is 116 Å². The van der Waals surface area contributed by atoms with Crippen LogP contribution >= 0.6 is 11.6 Å². The third-order valence-electron chi connectivity index (χ3n) is 2.91. The Hall–Kier alpha value is -1.39. The van der Waals surface area contributed by atoms with Crippen molar-refractivity contribution in [2.75, 3.05) is 13.1 Å². The monoisotopic (exact) mass is 298 g/mol. The summed E-state index contributed by atoms with van der Waals surface area (Å²) in [7, 11) is -3.79. The van der Waals surface area contributed by atoms with Gasteiger partial charge < -0.3 is 5.11 Å². The predicted octanol–water partition coefficient (Wildman–Crippen LogP) is 1.13. The fourth-order valence-electron chi connectivity index (χ4n) is 1.82. The molecule has 0 spiro atoms. The quantitative estimate of drug-likeness (QED) is 0.830. The second-order valence-electron chi connectivity index (χ2n) is 4.23. The molecule has 100 valence electrons. The number of hydrogen-bond donors (Lipinski definition) is 1. The molecule has 0 amide bonds. The summed E-state index contributed by atoms with van der Waals surface area (Å²) in [5.41, 5.74) is 0.739. The van der Waals surface area contributed by atoms with E-state index in [0.29, 0.717) is 5.57 Å². The summed E-state index contributed by atoms with van der Waals surface area (Å²) in [5.74, 6) is 0. The van der Waals surface area contributed by atoms with Crippen LogP contribution in [0.2, 0.25) is 5.02 Å². The molecule has 1 aromatic carbocycles. The lowest BCUT2D eigenvalue weighted by atomic mass is 10.2. The Bertz CT molecular complexity index is 679. The van der Waals surface area contributed by atoms with Gasteiger partial charge >= 0.3 is 0 Å². The molecule has 0 unspecified atom stereocenters. The number of rotatable bonds is 2. The van der Waals surface area contributed by atoms with Crippen molar-refractivity contribution in [1.29, 1.82) is 5.26 Å². The van der Waals surface area contributed by atoms with Crippen molar-refractivity contribution >= 4 is 21.6 Å². The Kier molecular flexibility index (Phi) is 3.65. The van der Waals surface area contributed by atoms with E-state index in [0.717, 1.165) is 4.31 Å². The molecule has 2 rings (SSSR count). The molecule has 7 heteroatoms. The summed E-state index contributed by atoms with van der Waals surface area (Å²) in [4.78, 5) is -0.0740. The molecule has 0 aliphatic carbocycles. The summed E-state index contributed by atoms with van der Waals surface area (Å²) >= 11 is 5.90. The molecule has 0 bridgehead atoms. The average molecular weight is 299 g/mol. The second-order valence-corrected chi connectivity index (χ2v) is 6.54. The maximum absolute atomic E-state index is 12.4. The molecule has 1 heterocycles. The number of halogens is 1. The number of sulfonamides is 1. The summed E-state index contributed by atoms with van der Waals surface area (Å²) in [6.07, 6.45) is -0.855. The van der Waals surface area contributed by atoms with Crippen molar-refractivity contribution in [2.45, 2.75) is 11.0 Å². The zero-order chi connectivity index (χ0) is 14.2. The molecule has 1 atom stereocenters. The zero-order valence-corrected chi connectivity index (χ0v) is 11.4. The first-order valence-corrected chi connectivity index (χ1v) is 7.23. The van der Waals surface area contributed by atoms with Gasteiger partial charge in [0.1, 0.15) is 4.90 Å². The van der Waals surface area contributed by atoms with Gasteiger partial charge in [0.2, 0.25) is 10.0 Å². The van der Waals surface area contributed by atoms with Gasteiger partial charge in [0.15, 0.2) is 0 Å². The fourth-order valence-corrected chi connectivity index (χ4v) is 3.79. The van der Waals surface area contributed by atoms with Crippen LogP contribution in [0.4, 0.5) is 0 Å². The van der Waals surface area contributed by atoms with Crippen LogP contribution in [0.3, 0.4) is 0 Å². The van der Waals surface area contributed by atoms with Crippen molar-refractivity contribution in [3.8, 4) is 6.07 Å². The molecular weight excluding hydrogens is 288 g/mol. The second kappa shape index (κ2) is 4.94. The molecule has 1 N–H and O–H groups in total. The molecule has 1 aromatic rings. The van der Waals surface area contributed by atoms with Crippen LogP contribution in [-0.4, -0.2) is 37.0 Å². The number of benzene rings is 1. The van der Waals surface area contributed by atoms with E-state index in [1.165, 1.54) is 18.2 Å². The largest absolute Gasteiger partial charge is 0.387 e. The molecule has 0 aromatic heterocycles. The van der Waals surface area contributed by atoms with Crippen LogP contribution in [0, 0.1) is 11.3 Å². The molecule has 1 aliphatic heterocycles. The Morgan fingerprint density at radius 3 is 2.68 bits per heavy atom. The van der Waals surface area contributed by atoms with Gasteiger partial charge in [-0.2, -0.15) is 9.57 Å². The van der Waals surface area contributed by atoms with E-state index in [9.17, 15) is 13.5 Å². The summed E-state index contributed by atoms with van der Waals surface area (Å²) < 4.78 is 25.8. The first kappa shape index (κ1) is 14.0. The van der Waals surface area contributed by atoms with Crippen LogP contribution in [0.15, 0.2) is 35.2 Å². The van der Waals surface area contributed by atoms with Crippen LogP contribution in [0.5, 0.6) is 0 Å². The van der Waals surface area contributed by atoms with Gasteiger partial charge in [-0.1, -0.05) is 18.2 Å². The predicted molar refractivity (Wildman–Crippen MR) is 70.1 cm³/mol. The molecule has 19 heavy (non-hydrogen) atoms. The van der Waals surface area contributed by atoms with Crippen molar-refractivity contribution in [3.05, 3.63) is 40.9 Å². The molecule has 1 saturated heterocycles. The number of β-amino-alcohol motifs (C(OH)–C–C–N with tert-alkyl or cyclic N) is 1. The van der Waals surface area contributed by atoms with Crippen molar-refractivity contribution in [3.63, 3.8) is 0 Å². The van der Waals surface area contributed by atoms with E-state index in [1.807, 2.05) is 6.07 Å². The number of nitrogens with zero attached hydrogens (tertiary/aromatic N) is 2. The van der Waals surface area contributed by atoms with Crippen LogP contribution in [-0.2, 0) is 10.0 Å². The number of aliphatic hydroxyl groups is 1. The SMILES string of the molecule is C=C1CN(S(=O)(=O)c2ccc(C#N)cc2Cl)C[C@H]1O. The van der Waals surface area contributed by atoms with Gasteiger partial charge in [-0.25, -0.2) is 8.42 Å². The zero-order valence-electron chi connectivity index (χ0n) is 9.88. The Balaban J connectivity index is 2.41. The molecule has 0 saturated carbocycles. The Morgan fingerprint density at radius 2 is 2.21 bits per heavy atom. The molecular formula is C12H11ClN2O3S. The van der Waals surface area contributed by atoms with E-state index in [1.54, 1.807) is 0 Å². The lowest BCUT2D eigenvalue weighted by molar-refractivity contribution is 0.217. The highest BCUT2D eigenvalue weighted by atomic mass is 35.5. The first-order chi connectivity index (χ1) is 8.86. The maximum Gasteiger partial charge on any atom is 0.244 e. The first-order valence-electron chi connectivity index (χ1n) is 5.42. The van der Waals surface area contributed by atoms with Gasteiger partial charge in [-0.15, -0.1) is 0 Å². The van der Waals surface area contributed by atoms with Crippen LogP contribution in [0.25, 0.3) is 0 Å². The minimum absolute atomic E-state index is 0.00829. The van der Waals surface area contributed by atoms with Crippen molar-refractivity contribution < 1.29 is 13.5 Å². The third-order valence-corrected chi connectivity index (χ3v) is 5.20. The minimum Gasteiger partial charge on any atom is -0.387 e. The molecule has 0 radical (unpaired) electrons. The normalized spacial score (nSPS) is 20.5. The summed E-state index contributed by atoms with van der Waals surface area (Å²) in [6.45, 7) is 3.65. The lowest BCUT2D eigenvalue weighted by Gasteiger charge is -2.16. The molecule has 1 aliphatic rings. The van der Waals surface area contributed by atoms with Gasteiger partial charge in [0.05, 0.1) is 22.8 Å². The topological polar surface area (TPSA) is 81.4 Å². The highest BCUT2D eigenvalue weighted by Crippen LogP contribution is 2.28. The lowest BCUT2D eigenvalue weighted by Crippen LogP contribution is -2.29. The number of aliphatic hydroxyl groups excluding tert-OH is 1. The van der Waals surface area contributed by atoms with Gasteiger partial charge in [0.25, 0.3) is 0 Å². The molecule has 1 fully saturated rings. The Morgan fingerprint density at radius 1 is 1.53 bits per heavy atom. The minimum atomic E-state index is -3.79. The standard InChI is InChI=1S/C12H11ClN2O3S/c1-8-6-15(7-11(8)16)19(17,18)12-3-2-9(5-14)4-10(12)13/h2-4,11,16H,1,6-7H2/t11-/m1/s1. The van der Waals surface area contributed by atoms with E-state index in [2.05, 4.69) is 6.58 Å². The highest BCUT2D eigenvalue weighted by molar-refractivity contribution is 7.89. The van der Waals surface area contributed by atoms with Crippen molar-refractivity contribution in [1.82, 2.24) is 4.31 Å². The fraction of sp³-hybridized carbons (Fsp3) is 0.250. The summed E-state index contributed by atoms with van der Waals surface area (Å²) in [6, 6.07) is 5.87.